The van der Waals surface area contributed by atoms with Gasteiger partial charge in [-0.25, -0.2) is 4.98 Å². The Bertz CT molecular complexity index is 760. The predicted octanol–water partition coefficient (Wildman–Crippen LogP) is 3.40. The summed E-state index contributed by atoms with van der Waals surface area (Å²) in [6, 6.07) is 8.25. The molecule has 1 aromatic heterocycles. The molecule has 0 bridgehead atoms. The molecule has 0 radical (unpaired) electrons. The number of benzene rings is 1. The van der Waals surface area contributed by atoms with E-state index in [9.17, 15) is 10.1 Å². The van der Waals surface area contributed by atoms with E-state index in [4.69, 9.17) is 9.47 Å². The molecule has 8 heteroatoms. The van der Waals surface area contributed by atoms with Crippen molar-refractivity contribution in [2.75, 3.05) is 18.6 Å². The zero-order chi connectivity index (χ0) is 18.1. The van der Waals surface area contributed by atoms with Crippen LogP contribution in [0, 0.1) is 10.1 Å². The zero-order valence-electron chi connectivity index (χ0n) is 13.7. The summed E-state index contributed by atoms with van der Waals surface area (Å²) in [6.07, 6.45) is 4.41. The molecule has 0 atom stereocenters. The number of hydrogen-bond donors (Lipinski definition) is 1. The van der Waals surface area contributed by atoms with Crippen LogP contribution in [-0.4, -0.2) is 29.3 Å². The standard InChI is InChI=1S/C17H18N4O4/c1-3-9-25-15-7-5-13(10-16(15)24-4-2)11-19-20-17-8-6-14(12-18-17)21(22)23/h3,5-8,10-12H,1,4,9H2,2H3,(H,18,20). The first-order valence-electron chi connectivity index (χ1n) is 7.54. The van der Waals surface area contributed by atoms with Gasteiger partial charge in [0.25, 0.3) is 5.69 Å². The van der Waals surface area contributed by atoms with Gasteiger partial charge in [-0.05, 0) is 36.8 Å². The van der Waals surface area contributed by atoms with Crippen LogP contribution in [0.15, 0.2) is 54.3 Å². The van der Waals surface area contributed by atoms with Crippen molar-refractivity contribution in [3.8, 4) is 11.5 Å². The van der Waals surface area contributed by atoms with Crippen LogP contribution < -0.4 is 14.9 Å². The maximum atomic E-state index is 10.6. The van der Waals surface area contributed by atoms with Crippen LogP contribution in [0.4, 0.5) is 11.5 Å². The number of anilines is 1. The molecule has 8 nitrogen and oxygen atoms in total. The van der Waals surface area contributed by atoms with Crippen LogP contribution in [0.25, 0.3) is 0 Å². The van der Waals surface area contributed by atoms with Gasteiger partial charge in [0.15, 0.2) is 11.5 Å². The first kappa shape index (κ1) is 17.9. The number of rotatable bonds is 9. The van der Waals surface area contributed by atoms with Crippen molar-refractivity contribution in [2.24, 2.45) is 5.10 Å². The SMILES string of the molecule is C=CCOc1ccc(C=NNc2ccc([N+](=O)[O-])cn2)cc1OCC. The third kappa shape index (κ3) is 5.31. The van der Waals surface area contributed by atoms with E-state index in [1.807, 2.05) is 13.0 Å². The summed E-state index contributed by atoms with van der Waals surface area (Å²) in [5.41, 5.74) is 3.43. The molecule has 0 spiro atoms. The van der Waals surface area contributed by atoms with Gasteiger partial charge in [-0.15, -0.1) is 0 Å². The van der Waals surface area contributed by atoms with Crippen LogP contribution in [0.2, 0.25) is 0 Å². The first-order valence-corrected chi connectivity index (χ1v) is 7.54. The van der Waals surface area contributed by atoms with Crippen molar-refractivity contribution < 1.29 is 14.4 Å². The number of hydrogen-bond acceptors (Lipinski definition) is 7. The van der Waals surface area contributed by atoms with E-state index < -0.39 is 4.92 Å². The molecule has 0 fully saturated rings. The van der Waals surface area contributed by atoms with E-state index in [2.05, 4.69) is 22.1 Å². The normalized spacial score (nSPS) is 10.4. The molecule has 1 heterocycles. The molecular formula is C17H18N4O4. The summed E-state index contributed by atoms with van der Waals surface area (Å²) < 4.78 is 11.1. The molecule has 0 saturated carbocycles. The lowest BCUT2D eigenvalue weighted by Gasteiger charge is -2.11. The highest BCUT2D eigenvalue weighted by Crippen LogP contribution is 2.28. The van der Waals surface area contributed by atoms with Crippen molar-refractivity contribution >= 4 is 17.7 Å². The van der Waals surface area contributed by atoms with Crippen LogP contribution in [0.5, 0.6) is 11.5 Å². The molecule has 130 valence electrons. The van der Waals surface area contributed by atoms with Gasteiger partial charge >= 0.3 is 0 Å². The molecule has 0 unspecified atom stereocenters. The fourth-order valence-corrected chi connectivity index (χ4v) is 1.87. The highest BCUT2D eigenvalue weighted by Gasteiger charge is 2.06. The number of aromatic nitrogens is 1. The Morgan fingerprint density at radius 2 is 2.16 bits per heavy atom. The maximum absolute atomic E-state index is 10.6. The van der Waals surface area contributed by atoms with Crippen molar-refractivity contribution in [1.29, 1.82) is 0 Å². The van der Waals surface area contributed by atoms with Crippen molar-refractivity contribution in [2.45, 2.75) is 6.92 Å². The summed E-state index contributed by atoms with van der Waals surface area (Å²) in [7, 11) is 0. The average Bonchev–Trinajstić information content (AvgIpc) is 2.62. The van der Waals surface area contributed by atoms with E-state index in [1.54, 1.807) is 24.4 Å². The minimum Gasteiger partial charge on any atom is -0.490 e. The third-order valence-electron chi connectivity index (χ3n) is 2.98. The largest absolute Gasteiger partial charge is 0.490 e. The molecular weight excluding hydrogens is 324 g/mol. The van der Waals surface area contributed by atoms with Crippen molar-refractivity contribution in [3.05, 3.63) is 64.9 Å². The molecule has 1 aromatic carbocycles. The molecule has 0 amide bonds. The van der Waals surface area contributed by atoms with E-state index in [1.165, 1.54) is 12.1 Å². The Morgan fingerprint density at radius 1 is 1.32 bits per heavy atom. The Morgan fingerprint density at radius 3 is 2.80 bits per heavy atom. The van der Waals surface area contributed by atoms with E-state index >= 15 is 0 Å². The van der Waals surface area contributed by atoms with Crippen LogP contribution >= 0.6 is 0 Å². The Balaban J connectivity index is 2.05. The fourth-order valence-electron chi connectivity index (χ4n) is 1.87. The monoisotopic (exact) mass is 342 g/mol. The van der Waals surface area contributed by atoms with Gasteiger partial charge in [0.05, 0.1) is 17.7 Å². The number of ether oxygens (including phenoxy) is 2. The molecule has 25 heavy (non-hydrogen) atoms. The Hall–Kier alpha value is -3.42. The second kappa shape index (κ2) is 9.02. The van der Waals surface area contributed by atoms with Gasteiger partial charge in [-0.3, -0.25) is 15.5 Å². The van der Waals surface area contributed by atoms with Crippen molar-refractivity contribution in [1.82, 2.24) is 4.98 Å². The molecule has 0 aliphatic rings. The number of pyridine rings is 1. The lowest BCUT2D eigenvalue weighted by atomic mass is 10.2. The summed E-state index contributed by atoms with van der Waals surface area (Å²) in [5.74, 6) is 1.64. The Labute approximate surface area is 145 Å². The Kier molecular flexibility index (Phi) is 6.47. The molecule has 0 saturated heterocycles. The summed E-state index contributed by atoms with van der Waals surface area (Å²) in [5, 5.41) is 14.6. The van der Waals surface area contributed by atoms with E-state index in [0.717, 1.165) is 11.8 Å². The van der Waals surface area contributed by atoms with Gasteiger partial charge in [-0.2, -0.15) is 5.10 Å². The number of hydrazone groups is 1. The van der Waals surface area contributed by atoms with Gasteiger partial charge in [0.1, 0.15) is 18.6 Å². The summed E-state index contributed by atoms with van der Waals surface area (Å²) in [4.78, 5) is 14.0. The lowest BCUT2D eigenvalue weighted by Crippen LogP contribution is -2.00. The minimum atomic E-state index is -0.509. The first-order chi connectivity index (χ1) is 12.1. The van der Waals surface area contributed by atoms with Crippen LogP contribution in [0.3, 0.4) is 0 Å². The van der Waals surface area contributed by atoms with Gasteiger partial charge in [0, 0.05) is 6.07 Å². The van der Waals surface area contributed by atoms with Gasteiger partial charge in [-0.1, -0.05) is 12.7 Å². The number of nitrogens with zero attached hydrogens (tertiary/aromatic N) is 3. The average molecular weight is 342 g/mol. The molecule has 1 N–H and O–H groups in total. The third-order valence-corrected chi connectivity index (χ3v) is 2.98. The zero-order valence-corrected chi connectivity index (χ0v) is 13.7. The fraction of sp³-hybridized carbons (Fsp3) is 0.176. The highest BCUT2D eigenvalue weighted by molar-refractivity contribution is 5.81. The predicted molar refractivity (Wildman–Crippen MR) is 95.4 cm³/mol. The summed E-state index contributed by atoms with van der Waals surface area (Å²) >= 11 is 0. The van der Waals surface area contributed by atoms with Crippen LogP contribution in [0.1, 0.15) is 12.5 Å². The topological polar surface area (TPSA) is 98.9 Å². The van der Waals surface area contributed by atoms with E-state index in [-0.39, 0.29) is 5.69 Å². The van der Waals surface area contributed by atoms with Gasteiger partial charge in [0.2, 0.25) is 0 Å². The number of nitrogens with one attached hydrogen (secondary N) is 1. The lowest BCUT2D eigenvalue weighted by molar-refractivity contribution is -0.385. The summed E-state index contributed by atoms with van der Waals surface area (Å²) in [6.45, 7) is 6.40. The van der Waals surface area contributed by atoms with E-state index in [0.29, 0.717) is 30.5 Å². The second-order valence-electron chi connectivity index (χ2n) is 4.77. The maximum Gasteiger partial charge on any atom is 0.287 e. The quantitative estimate of drug-likeness (QED) is 0.324. The molecule has 2 rings (SSSR count). The second-order valence-corrected chi connectivity index (χ2v) is 4.77. The minimum absolute atomic E-state index is 0.0778. The molecule has 0 aliphatic carbocycles. The smallest absolute Gasteiger partial charge is 0.287 e. The number of nitro groups is 1. The van der Waals surface area contributed by atoms with Crippen LogP contribution in [-0.2, 0) is 0 Å². The highest BCUT2D eigenvalue weighted by atomic mass is 16.6. The molecule has 0 aliphatic heterocycles. The molecule has 2 aromatic rings. The van der Waals surface area contributed by atoms with Gasteiger partial charge < -0.3 is 9.47 Å². The van der Waals surface area contributed by atoms with Crippen molar-refractivity contribution in [3.63, 3.8) is 0 Å².